The number of Topliss-reactive ketones (excluding diaryl/α,β-unsaturated/α-hetero) is 1. The fourth-order valence-electron chi connectivity index (χ4n) is 1.58. The van der Waals surface area contributed by atoms with Gasteiger partial charge in [-0.25, -0.2) is 0 Å². The third-order valence-electron chi connectivity index (χ3n) is 2.61. The lowest BCUT2D eigenvalue weighted by Crippen LogP contribution is -2.25. The Labute approximate surface area is 109 Å². The maximum atomic E-state index is 11.8. The molecule has 94 valence electrons. The van der Waals surface area contributed by atoms with Crippen molar-refractivity contribution >= 4 is 23.0 Å². The van der Waals surface area contributed by atoms with Gasteiger partial charge in [-0.3, -0.25) is 9.59 Å². The second-order valence-corrected chi connectivity index (χ2v) is 4.78. The molecule has 0 unspecified atom stereocenters. The minimum Gasteiger partial charge on any atom is -0.356 e. The van der Waals surface area contributed by atoms with Gasteiger partial charge in [-0.1, -0.05) is 0 Å². The van der Waals surface area contributed by atoms with Crippen LogP contribution in [0.5, 0.6) is 0 Å². The number of amides is 1. The molecule has 0 fully saturated rings. The summed E-state index contributed by atoms with van der Waals surface area (Å²) in [5.41, 5.74) is 2.17. The third-order valence-corrected chi connectivity index (χ3v) is 3.35. The zero-order valence-electron chi connectivity index (χ0n) is 10.0. The van der Waals surface area contributed by atoms with Gasteiger partial charge in [0.05, 0.1) is 0 Å². The molecule has 1 amide bonds. The standard InChI is InChI=1S/C13H14N2O2S/c1-9(16)11-6-12(15-7-11)13(17)14-4-2-10-3-5-18-8-10/h3,5-8,15H,2,4H2,1H3,(H,14,17). The number of thiophene rings is 1. The predicted molar refractivity (Wildman–Crippen MR) is 71.2 cm³/mol. The molecular formula is C13H14N2O2S. The Morgan fingerprint density at radius 2 is 2.28 bits per heavy atom. The summed E-state index contributed by atoms with van der Waals surface area (Å²) >= 11 is 1.64. The Balaban J connectivity index is 1.85. The molecule has 2 aromatic heterocycles. The fraction of sp³-hybridized carbons (Fsp3) is 0.231. The predicted octanol–water partition coefficient (Wildman–Crippen LogP) is 2.25. The van der Waals surface area contributed by atoms with E-state index in [1.807, 2.05) is 11.4 Å². The fourth-order valence-corrected chi connectivity index (χ4v) is 2.28. The molecule has 2 aromatic rings. The number of carbonyl (C=O) groups is 2. The molecule has 0 aromatic carbocycles. The first-order chi connectivity index (χ1) is 8.66. The van der Waals surface area contributed by atoms with Crippen LogP contribution in [0.2, 0.25) is 0 Å². The van der Waals surface area contributed by atoms with Crippen LogP contribution < -0.4 is 5.32 Å². The molecule has 0 spiro atoms. The summed E-state index contributed by atoms with van der Waals surface area (Å²) in [5.74, 6) is -0.235. The maximum Gasteiger partial charge on any atom is 0.267 e. The average molecular weight is 262 g/mol. The quantitative estimate of drug-likeness (QED) is 0.812. The zero-order valence-corrected chi connectivity index (χ0v) is 10.8. The van der Waals surface area contributed by atoms with Gasteiger partial charge < -0.3 is 10.3 Å². The summed E-state index contributed by atoms with van der Waals surface area (Å²) in [5, 5.41) is 6.89. The van der Waals surface area contributed by atoms with Crippen LogP contribution in [0.1, 0.15) is 33.3 Å². The normalized spacial score (nSPS) is 10.3. The molecule has 0 bridgehead atoms. The maximum absolute atomic E-state index is 11.8. The van der Waals surface area contributed by atoms with Crippen LogP contribution in [0.3, 0.4) is 0 Å². The number of rotatable bonds is 5. The molecular weight excluding hydrogens is 248 g/mol. The van der Waals surface area contributed by atoms with Gasteiger partial charge >= 0.3 is 0 Å². The molecule has 4 nitrogen and oxygen atoms in total. The van der Waals surface area contributed by atoms with E-state index in [9.17, 15) is 9.59 Å². The number of aromatic nitrogens is 1. The Hall–Kier alpha value is -1.88. The van der Waals surface area contributed by atoms with E-state index in [-0.39, 0.29) is 11.7 Å². The summed E-state index contributed by atoms with van der Waals surface area (Å²) in [6.45, 7) is 2.06. The van der Waals surface area contributed by atoms with E-state index in [4.69, 9.17) is 0 Å². The van der Waals surface area contributed by atoms with Gasteiger partial charge in [0.15, 0.2) is 5.78 Å². The number of aromatic amines is 1. The number of hydrogen-bond acceptors (Lipinski definition) is 3. The summed E-state index contributed by atoms with van der Waals surface area (Å²) in [7, 11) is 0. The molecule has 2 N–H and O–H groups in total. The van der Waals surface area contributed by atoms with Gasteiger partial charge in [0.25, 0.3) is 5.91 Å². The van der Waals surface area contributed by atoms with E-state index in [1.165, 1.54) is 12.5 Å². The minimum absolute atomic E-state index is 0.0522. The van der Waals surface area contributed by atoms with Crippen LogP contribution in [0.4, 0.5) is 0 Å². The highest BCUT2D eigenvalue weighted by molar-refractivity contribution is 7.07. The molecule has 18 heavy (non-hydrogen) atoms. The van der Waals surface area contributed by atoms with E-state index in [1.54, 1.807) is 23.6 Å². The lowest BCUT2D eigenvalue weighted by molar-refractivity contribution is 0.0949. The zero-order chi connectivity index (χ0) is 13.0. The van der Waals surface area contributed by atoms with Crippen molar-refractivity contribution in [1.82, 2.24) is 10.3 Å². The van der Waals surface area contributed by atoms with Crippen LogP contribution >= 0.6 is 11.3 Å². The lowest BCUT2D eigenvalue weighted by Gasteiger charge is -2.02. The summed E-state index contributed by atoms with van der Waals surface area (Å²) in [4.78, 5) is 25.7. The largest absolute Gasteiger partial charge is 0.356 e. The average Bonchev–Trinajstić information content (AvgIpc) is 2.99. The summed E-state index contributed by atoms with van der Waals surface area (Å²) in [6.07, 6.45) is 2.37. The van der Waals surface area contributed by atoms with Gasteiger partial charge in [0, 0.05) is 18.3 Å². The minimum atomic E-state index is -0.183. The van der Waals surface area contributed by atoms with Crippen molar-refractivity contribution in [2.24, 2.45) is 0 Å². The van der Waals surface area contributed by atoms with Crippen LogP contribution in [0.25, 0.3) is 0 Å². The van der Waals surface area contributed by atoms with Crippen LogP contribution in [0.15, 0.2) is 29.1 Å². The van der Waals surface area contributed by atoms with Crippen molar-refractivity contribution in [3.05, 3.63) is 45.9 Å². The van der Waals surface area contributed by atoms with E-state index >= 15 is 0 Å². The highest BCUT2D eigenvalue weighted by atomic mass is 32.1. The van der Waals surface area contributed by atoms with Gasteiger partial charge in [0.2, 0.25) is 0 Å². The molecule has 0 radical (unpaired) electrons. The molecule has 0 saturated heterocycles. The molecule has 0 saturated carbocycles. The van der Waals surface area contributed by atoms with Crippen LogP contribution in [-0.2, 0) is 6.42 Å². The molecule has 0 aliphatic carbocycles. The number of hydrogen-bond donors (Lipinski definition) is 2. The van der Waals surface area contributed by atoms with Gasteiger partial charge in [-0.2, -0.15) is 11.3 Å². The molecule has 5 heteroatoms. The molecule has 2 heterocycles. The third kappa shape index (κ3) is 3.07. The van der Waals surface area contributed by atoms with Crippen LogP contribution in [0, 0.1) is 0 Å². The van der Waals surface area contributed by atoms with Gasteiger partial charge in [-0.05, 0) is 41.8 Å². The Morgan fingerprint density at radius 1 is 1.44 bits per heavy atom. The highest BCUT2D eigenvalue weighted by Crippen LogP contribution is 2.06. The van der Waals surface area contributed by atoms with E-state index in [0.717, 1.165) is 6.42 Å². The SMILES string of the molecule is CC(=O)c1c[nH]c(C(=O)NCCc2ccsc2)c1. The first-order valence-electron chi connectivity index (χ1n) is 5.65. The van der Waals surface area contributed by atoms with Gasteiger partial charge in [-0.15, -0.1) is 0 Å². The van der Waals surface area contributed by atoms with E-state index < -0.39 is 0 Å². The topological polar surface area (TPSA) is 62.0 Å². The van der Waals surface area contributed by atoms with E-state index in [2.05, 4.69) is 15.7 Å². The van der Waals surface area contributed by atoms with Crippen molar-refractivity contribution in [2.75, 3.05) is 6.54 Å². The van der Waals surface area contributed by atoms with Crippen molar-refractivity contribution in [1.29, 1.82) is 0 Å². The van der Waals surface area contributed by atoms with E-state index in [0.29, 0.717) is 17.8 Å². The number of carbonyl (C=O) groups excluding carboxylic acids is 2. The number of H-pyrrole nitrogens is 1. The Kier molecular flexibility index (Phi) is 3.94. The molecule has 2 rings (SSSR count). The second kappa shape index (κ2) is 5.64. The highest BCUT2D eigenvalue weighted by Gasteiger charge is 2.09. The van der Waals surface area contributed by atoms with Crippen molar-refractivity contribution in [2.45, 2.75) is 13.3 Å². The van der Waals surface area contributed by atoms with Crippen molar-refractivity contribution in [3.63, 3.8) is 0 Å². The summed E-state index contributed by atoms with van der Waals surface area (Å²) < 4.78 is 0. The van der Waals surface area contributed by atoms with Crippen molar-refractivity contribution in [3.8, 4) is 0 Å². The summed E-state index contributed by atoms with van der Waals surface area (Å²) in [6, 6.07) is 3.61. The van der Waals surface area contributed by atoms with Crippen LogP contribution in [-0.4, -0.2) is 23.2 Å². The number of ketones is 1. The van der Waals surface area contributed by atoms with Crippen molar-refractivity contribution < 1.29 is 9.59 Å². The smallest absolute Gasteiger partial charge is 0.267 e. The lowest BCUT2D eigenvalue weighted by atomic mass is 10.2. The first-order valence-corrected chi connectivity index (χ1v) is 6.59. The monoisotopic (exact) mass is 262 g/mol. The Morgan fingerprint density at radius 3 is 2.89 bits per heavy atom. The molecule has 0 aliphatic rings. The molecule has 0 aliphatic heterocycles. The van der Waals surface area contributed by atoms with Gasteiger partial charge in [0.1, 0.15) is 5.69 Å². The second-order valence-electron chi connectivity index (χ2n) is 4.00. The Bertz CT molecular complexity index is 543. The molecule has 0 atom stereocenters. The first kappa shape index (κ1) is 12.6. The number of nitrogens with one attached hydrogen (secondary N) is 2.